The van der Waals surface area contributed by atoms with Crippen LogP contribution in [0.2, 0.25) is 0 Å². The molecule has 0 aliphatic heterocycles. The summed E-state index contributed by atoms with van der Waals surface area (Å²) in [5.41, 5.74) is 0.506. The van der Waals surface area contributed by atoms with Gasteiger partial charge in [0.15, 0.2) is 5.78 Å². The summed E-state index contributed by atoms with van der Waals surface area (Å²) in [6.07, 6.45) is 5.07. The van der Waals surface area contributed by atoms with Crippen molar-refractivity contribution in [2.24, 2.45) is 11.3 Å². The van der Waals surface area contributed by atoms with Crippen LogP contribution in [0.1, 0.15) is 27.2 Å². The van der Waals surface area contributed by atoms with Crippen LogP contribution in [-0.4, -0.2) is 28.7 Å². The highest BCUT2D eigenvalue weighted by Crippen LogP contribution is 2.40. The summed E-state index contributed by atoms with van der Waals surface area (Å²) < 4.78 is 0. The van der Waals surface area contributed by atoms with E-state index in [2.05, 4.69) is 0 Å². The Labute approximate surface area is 96.5 Å². The minimum atomic E-state index is -0.506. The highest BCUT2D eigenvalue weighted by Gasteiger charge is 2.38. The fourth-order valence-electron chi connectivity index (χ4n) is 2.26. The second-order valence-electron chi connectivity index (χ2n) is 4.95. The SMILES string of the molecule is CC1=CC(=O)CC(C)(CO)C1/C=C/C(C)O. The van der Waals surface area contributed by atoms with Gasteiger partial charge in [-0.1, -0.05) is 24.6 Å². The van der Waals surface area contributed by atoms with E-state index in [0.717, 1.165) is 5.57 Å². The fraction of sp³-hybridized carbons (Fsp3) is 0.615. The highest BCUT2D eigenvalue weighted by atomic mass is 16.3. The quantitative estimate of drug-likeness (QED) is 0.713. The van der Waals surface area contributed by atoms with Crippen LogP contribution in [0.4, 0.5) is 0 Å². The van der Waals surface area contributed by atoms with Crippen LogP contribution < -0.4 is 0 Å². The molecule has 0 radical (unpaired) electrons. The van der Waals surface area contributed by atoms with Gasteiger partial charge in [-0.05, 0) is 19.9 Å². The van der Waals surface area contributed by atoms with Crippen molar-refractivity contribution in [1.82, 2.24) is 0 Å². The van der Waals surface area contributed by atoms with Crippen LogP contribution in [0.3, 0.4) is 0 Å². The molecule has 1 rings (SSSR count). The van der Waals surface area contributed by atoms with Crippen LogP contribution in [0, 0.1) is 11.3 Å². The lowest BCUT2D eigenvalue weighted by Gasteiger charge is -2.37. The van der Waals surface area contributed by atoms with E-state index in [4.69, 9.17) is 0 Å². The molecular weight excluding hydrogens is 204 g/mol. The molecule has 2 N–H and O–H groups in total. The van der Waals surface area contributed by atoms with E-state index in [9.17, 15) is 15.0 Å². The molecule has 0 spiro atoms. The maximum absolute atomic E-state index is 11.5. The van der Waals surface area contributed by atoms with Gasteiger partial charge in [-0.2, -0.15) is 0 Å². The van der Waals surface area contributed by atoms with Gasteiger partial charge in [0, 0.05) is 24.4 Å². The van der Waals surface area contributed by atoms with E-state index in [0.29, 0.717) is 6.42 Å². The molecule has 1 aliphatic rings. The summed E-state index contributed by atoms with van der Waals surface area (Å²) in [5.74, 6) is 0.0838. The normalized spacial score (nSPS) is 32.9. The number of allylic oxidation sites excluding steroid dienone is 3. The molecule has 0 saturated heterocycles. The van der Waals surface area contributed by atoms with Gasteiger partial charge >= 0.3 is 0 Å². The van der Waals surface area contributed by atoms with Crippen LogP contribution >= 0.6 is 0 Å². The summed E-state index contributed by atoms with van der Waals surface area (Å²) >= 11 is 0. The smallest absolute Gasteiger partial charge is 0.156 e. The molecule has 0 aromatic carbocycles. The van der Waals surface area contributed by atoms with Gasteiger partial charge in [-0.15, -0.1) is 0 Å². The van der Waals surface area contributed by atoms with Gasteiger partial charge in [0.05, 0.1) is 6.10 Å². The maximum Gasteiger partial charge on any atom is 0.156 e. The predicted molar refractivity (Wildman–Crippen MR) is 62.9 cm³/mol. The number of rotatable bonds is 3. The van der Waals surface area contributed by atoms with Crippen LogP contribution in [0.25, 0.3) is 0 Å². The van der Waals surface area contributed by atoms with Crippen LogP contribution in [-0.2, 0) is 4.79 Å². The molecule has 0 heterocycles. The van der Waals surface area contributed by atoms with E-state index in [1.54, 1.807) is 19.1 Å². The lowest BCUT2D eigenvalue weighted by molar-refractivity contribution is -0.118. The molecule has 0 aromatic rings. The topological polar surface area (TPSA) is 57.5 Å². The lowest BCUT2D eigenvalue weighted by Crippen LogP contribution is -2.36. The molecule has 0 amide bonds. The second-order valence-corrected chi connectivity index (χ2v) is 4.95. The first-order valence-electron chi connectivity index (χ1n) is 5.57. The van der Waals surface area contributed by atoms with Gasteiger partial charge < -0.3 is 10.2 Å². The summed E-state index contributed by atoms with van der Waals surface area (Å²) in [4.78, 5) is 11.5. The molecule has 1 aliphatic carbocycles. The Kier molecular flexibility index (Phi) is 4.05. The molecule has 0 fully saturated rings. The zero-order chi connectivity index (χ0) is 12.3. The van der Waals surface area contributed by atoms with E-state index in [1.165, 1.54) is 0 Å². The average Bonchev–Trinajstić information content (AvgIpc) is 2.15. The third-order valence-corrected chi connectivity index (χ3v) is 3.15. The highest BCUT2D eigenvalue weighted by molar-refractivity contribution is 5.92. The summed E-state index contributed by atoms with van der Waals surface area (Å²) in [7, 11) is 0. The van der Waals surface area contributed by atoms with Crippen molar-refractivity contribution in [1.29, 1.82) is 0 Å². The van der Waals surface area contributed by atoms with Crippen molar-refractivity contribution >= 4 is 5.78 Å². The van der Waals surface area contributed by atoms with Crippen LogP contribution in [0.15, 0.2) is 23.8 Å². The van der Waals surface area contributed by atoms with Gasteiger partial charge in [-0.3, -0.25) is 4.79 Å². The van der Waals surface area contributed by atoms with Gasteiger partial charge in [0.2, 0.25) is 0 Å². The van der Waals surface area contributed by atoms with Crippen molar-refractivity contribution < 1.29 is 15.0 Å². The Hall–Kier alpha value is -0.930. The van der Waals surface area contributed by atoms with Gasteiger partial charge in [0.1, 0.15) is 0 Å². The predicted octanol–water partition coefficient (Wildman–Crippen LogP) is 1.46. The largest absolute Gasteiger partial charge is 0.396 e. The standard InChI is InChI=1S/C13H20O3/c1-9-6-11(16)7-13(3,8-14)12(9)5-4-10(2)15/h4-6,10,12,14-15H,7-8H2,1-3H3/b5-4+. The zero-order valence-electron chi connectivity index (χ0n) is 10.1. The Morgan fingerprint density at radius 2 is 2.31 bits per heavy atom. The Bertz CT molecular complexity index is 328. The summed E-state index contributed by atoms with van der Waals surface area (Å²) in [6.45, 7) is 5.44. The summed E-state index contributed by atoms with van der Waals surface area (Å²) in [6, 6.07) is 0. The van der Waals surface area contributed by atoms with E-state index < -0.39 is 11.5 Å². The third kappa shape index (κ3) is 2.80. The monoisotopic (exact) mass is 224 g/mol. The first kappa shape index (κ1) is 13.1. The number of ketones is 1. The number of hydrogen-bond donors (Lipinski definition) is 2. The van der Waals surface area contributed by atoms with E-state index >= 15 is 0 Å². The van der Waals surface area contributed by atoms with Crippen molar-refractivity contribution in [2.75, 3.05) is 6.61 Å². The minimum Gasteiger partial charge on any atom is -0.396 e. The minimum absolute atomic E-state index is 0.0183. The number of carbonyl (C=O) groups is 1. The molecule has 0 aromatic heterocycles. The first-order chi connectivity index (χ1) is 7.39. The van der Waals surface area contributed by atoms with Gasteiger partial charge in [0.25, 0.3) is 0 Å². The molecule has 3 heteroatoms. The number of aliphatic hydroxyl groups excluding tert-OH is 2. The molecule has 3 atom stereocenters. The fourth-order valence-corrected chi connectivity index (χ4v) is 2.26. The molecule has 0 saturated carbocycles. The second kappa shape index (κ2) is 4.93. The Morgan fingerprint density at radius 3 is 2.81 bits per heavy atom. The first-order valence-corrected chi connectivity index (χ1v) is 5.57. The molecule has 16 heavy (non-hydrogen) atoms. The number of carbonyl (C=O) groups excluding carboxylic acids is 1. The summed E-state index contributed by atoms with van der Waals surface area (Å²) in [5, 5.41) is 18.7. The molecule has 3 unspecified atom stereocenters. The molecule has 90 valence electrons. The van der Waals surface area contributed by atoms with Crippen LogP contribution in [0.5, 0.6) is 0 Å². The van der Waals surface area contributed by atoms with Crippen molar-refractivity contribution in [3.63, 3.8) is 0 Å². The van der Waals surface area contributed by atoms with Gasteiger partial charge in [-0.25, -0.2) is 0 Å². The van der Waals surface area contributed by atoms with Crippen molar-refractivity contribution in [3.05, 3.63) is 23.8 Å². The average molecular weight is 224 g/mol. The third-order valence-electron chi connectivity index (χ3n) is 3.15. The van der Waals surface area contributed by atoms with Crippen molar-refractivity contribution in [3.8, 4) is 0 Å². The lowest BCUT2D eigenvalue weighted by atomic mass is 9.67. The molecule has 3 nitrogen and oxygen atoms in total. The van der Waals surface area contributed by atoms with E-state index in [-0.39, 0.29) is 18.3 Å². The van der Waals surface area contributed by atoms with E-state index in [1.807, 2.05) is 19.9 Å². The number of aliphatic hydroxyl groups is 2. The van der Waals surface area contributed by atoms with Crippen molar-refractivity contribution in [2.45, 2.75) is 33.3 Å². The molecule has 0 bridgehead atoms. The Morgan fingerprint density at radius 1 is 1.69 bits per heavy atom. The molecular formula is C13H20O3. The maximum atomic E-state index is 11.5. The zero-order valence-corrected chi connectivity index (χ0v) is 10.1. The number of hydrogen-bond acceptors (Lipinski definition) is 3. The Balaban J connectivity index is 3.01.